The molecule has 1 atom stereocenters. The number of nitrogens with zero attached hydrogens (tertiary/aromatic N) is 7. The van der Waals surface area contributed by atoms with E-state index in [1.54, 1.807) is 34.6 Å². The molecule has 0 saturated heterocycles. The first-order chi connectivity index (χ1) is 22.5. The van der Waals surface area contributed by atoms with E-state index in [-0.39, 0.29) is 22.6 Å². The van der Waals surface area contributed by atoms with Crippen LogP contribution in [-0.4, -0.2) is 50.3 Å². The lowest BCUT2D eigenvalue weighted by molar-refractivity contribution is 0.0941. The summed E-state index contributed by atoms with van der Waals surface area (Å²) < 4.78 is 30.5. The predicted molar refractivity (Wildman–Crippen MR) is 176 cm³/mol. The molecule has 1 aliphatic rings. The van der Waals surface area contributed by atoms with Gasteiger partial charge in [-0.15, -0.1) is 5.10 Å². The topological polar surface area (TPSA) is 175 Å². The van der Waals surface area contributed by atoms with Gasteiger partial charge in [0.1, 0.15) is 5.56 Å². The molecule has 2 aromatic carbocycles. The summed E-state index contributed by atoms with van der Waals surface area (Å²) in [7, 11) is -0.520. The van der Waals surface area contributed by atoms with E-state index < -0.39 is 22.2 Å². The molecule has 1 amide bonds. The van der Waals surface area contributed by atoms with Crippen LogP contribution < -0.4 is 25.6 Å². The summed E-state index contributed by atoms with van der Waals surface area (Å²) in [5.74, 6) is 5.36. The van der Waals surface area contributed by atoms with E-state index in [9.17, 15) is 18.0 Å². The van der Waals surface area contributed by atoms with Crippen molar-refractivity contribution in [3.05, 3.63) is 112 Å². The molecule has 0 spiro atoms. The Balaban J connectivity index is 1.42. The normalized spacial score (nSPS) is 13.1. The Kier molecular flexibility index (Phi) is 7.03. The Bertz CT molecular complexity index is 2470. The molecule has 0 fully saturated rings. The number of nitrogens with two attached hydrogens (primary N) is 1. The molecule has 0 saturated carbocycles. The molecular formula is C32H28N10O4S. The Hall–Kier alpha value is -5.98. The van der Waals surface area contributed by atoms with Gasteiger partial charge in [0.25, 0.3) is 21.7 Å². The fourth-order valence-electron chi connectivity index (χ4n) is 6.06. The van der Waals surface area contributed by atoms with E-state index in [1.165, 1.54) is 16.9 Å². The Morgan fingerprint density at radius 1 is 1.06 bits per heavy atom. The molecule has 0 aliphatic carbocycles. The van der Waals surface area contributed by atoms with E-state index >= 15 is 0 Å². The van der Waals surface area contributed by atoms with Crippen LogP contribution in [0.25, 0.3) is 22.1 Å². The maximum Gasteiger partial charge on any atom is 0.297 e. The number of aryl methyl sites for hydroxylation is 1. The number of carbonyl (C=O) groups excluding carboxylic acids is 1. The molecule has 4 aromatic heterocycles. The van der Waals surface area contributed by atoms with Gasteiger partial charge in [-0.2, -0.15) is 13.5 Å². The lowest BCUT2D eigenvalue weighted by Crippen LogP contribution is -2.34. The van der Waals surface area contributed by atoms with Crippen LogP contribution in [-0.2, 0) is 23.8 Å². The molecule has 6 aromatic rings. The van der Waals surface area contributed by atoms with Crippen molar-refractivity contribution in [1.29, 1.82) is 0 Å². The minimum Gasteiger partial charge on any atom is -0.370 e. The van der Waals surface area contributed by atoms with Gasteiger partial charge < -0.3 is 10.2 Å². The molecule has 7 rings (SSSR count). The Morgan fingerprint density at radius 2 is 1.85 bits per heavy atom. The number of hydrogen-bond donors (Lipinski definition) is 3. The number of para-hydroxylation sites is 1. The zero-order chi connectivity index (χ0) is 33.0. The van der Waals surface area contributed by atoms with E-state index in [4.69, 9.17) is 5.14 Å². The van der Waals surface area contributed by atoms with Gasteiger partial charge in [-0.25, -0.2) is 14.6 Å². The van der Waals surface area contributed by atoms with Crippen molar-refractivity contribution in [2.75, 3.05) is 16.7 Å². The predicted octanol–water partition coefficient (Wildman–Crippen LogP) is 2.22. The van der Waals surface area contributed by atoms with Crippen molar-refractivity contribution >= 4 is 44.0 Å². The summed E-state index contributed by atoms with van der Waals surface area (Å²) in [6, 6.07) is 13.8. The largest absolute Gasteiger partial charge is 0.370 e. The first-order valence-electron chi connectivity index (χ1n) is 14.5. The average molecular weight is 649 g/mol. The van der Waals surface area contributed by atoms with Crippen molar-refractivity contribution in [3.8, 4) is 17.5 Å². The van der Waals surface area contributed by atoms with Gasteiger partial charge in [-0.05, 0) is 37.3 Å². The highest BCUT2D eigenvalue weighted by Crippen LogP contribution is 2.40. The second-order valence-corrected chi connectivity index (χ2v) is 12.5. The molecule has 4 N–H and O–H groups in total. The highest BCUT2D eigenvalue weighted by atomic mass is 32.2. The summed E-state index contributed by atoms with van der Waals surface area (Å²) in [6.45, 7) is 2.23. The summed E-state index contributed by atoms with van der Waals surface area (Å²) in [5.41, 5.74) is 3.86. The highest BCUT2D eigenvalue weighted by molar-refractivity contribution is 7.90. The number of hydrogen-bond acceptors (Lipinski definition) is 8. The van der Waals surface area contributed by atoms with Gasteiger partial charge in [-0.3, -0.25) is 23.6 Å². The van der Waals surface area contributed by atoms with Crippen LogP contribution in [0.2, 0.25) is 0 Å². The molecule has 1 unspecified atom stereocenters. The van der Waals surface area contributed by atoms with Crippen molar-refractivity contribution in [3.63, 3.8) is 0 Å². The van der Waals surface area contributed by atoms with Gasteiger partial charge in [-0.1, -0.05) is 30.0 Å². The minimum atomic E-state index is -4.27. The van der Waals surface area contributed by atoms with E-state index in [0.29, 0.717) is 34.4 Å². The second kappa shape index (κ2) is 11.1. The van der Waals surface area contributed by atoms with Crippen LogP contribution in [0.5, 0.6) is 0 Å². The number of rotatable bonds is 6. The molecule has 0 radical (unpaired) electrons. The standard InChI is InChI=1S/C32H28N10O4S/c1-19(36-31(43)27-29(38-47(33,45)46)37-41-15-7-14-34-30(27)41)28-23-18-39(2)24-13-12-21(11-10-20-16-35-40(3)17-20)25(26(23)24)32(44)42(28)22-8-5-4-6-9-22/h4-9,12-17,19H,18H2,1-3H3,(H,36,43)(H,37,38)(H2,33,45,46). The summed E-state index contributed by atoms with van der Waals surface area (Å²) in [5, 5.41) is 17.8. The third-order valence-electron chi connectivity index (χ3n) is 7.94. The first-order valence-corrected chi connectivity index (χ1v) is 16.0. The molecule has 236 valence electrons. The lowest BCUT2D eigenvalue weighted by Gasteiger charge is -2.23. The molecule has 14 nitrogen and oxygen atoms in total. The van der Waals surface area contributed by atoms with Gasteiger partial charge >= 0.3 is 0 Å². The molecule has 1 aliphatic heterocycles. The SMILES string of the molecule is CC(NC(=O)c1c(NS(N)(=O)=O)nn2cccnc12)c1c2c3c(ccc(C#Cc4cnn(C)c4)c3c(=O)n1-c1ccccc1)N(C)C2. The van der Waals surface area contributed by atoms with Crippen LogP contribution in [0.4, 0.5) is 11.5 Å². The van der Waals surface area contributed by atoms with Crippen molar-refractivity contribution in [2.24, 2.45) is 12.2 Å². The number of fused-ring (bicyclic) bond motifs is 1. The van der Waals surface area contributed by atoms with Gasteiger partial charge in [0.15, 0.2) is 11.5 Å². The summed E-state index contributed by atoms with van der Waals surface area (Å²) >= 11 is 0. The van der Waals surface area contributed by atoms with Crippen molar-refractivity contribution < 1.29 is 13.2 Å². The van der Waals surface area contributed by atoms with Crippen molar-refractivity contribution in [1.82, 2.24) is 34.3 Å². The molecule has 0 bridgehead atoms. The van der Waals surface area contributed by atoms with Gasteiger partial charge in [0.2, 0.25) is 0 Å². The van der Waals surface area contributed by atoms with Crippen molar-refractivity contribution in [2.45, 2.75) is 19.5 Å². The Morgan fingerprint density at radius 3 is 2.57 bits per heavy atom. The maximum absolute atomic E-state index is 14.7. The summed E-state index contributed by atoms with van der Waals surface area (Å²) in [6.07, 6.45) is 6.45. The van der Waals surface area contributed by atoms with E-state index in [0.717, 1.165) is 16.6 Å². The van der Waals surface area contributed by atoms with Crippen LogP contribution in [0.3, 0.4) is 0 Å². The van der Waals surface area contributed by atoms with Gasteiger partial charge in [0.05, 0.1) is 28.9 Å². The number of amides is 1. The number of carbonyl (C=O) groups is 1. The lowest BCUT2D eigenvalue weighted by atomic mass is 9.97. The smallest absolute Gasteiger partial charge is 0.297 e. The first kappa shape index (κ1) is 29.7. The average Bonchev–Trinajstić information content (AvgIpc) is 3.71. The molecule has 15 heteroatoms. The maximum atomic E-state index is 14.7. The van der Waals surface area contributed by atoms with Gasteiger partial charge in [0, 0.05) is 67.1 Å². The highest BCUT2D eigenvalue weighted by Gasteiger charge is 2.32. The number of nitrogens with one attached hydrogen (secondary N) is 2. The van der Waals surface area contributed by atoms with Crippen LogP contribution in [0.1, 0.15) is 45.7 Å². The zero-order valence-electron chi connectivity index (χ0n) is 25.5. The third kappa shape index (κ3) is 5.25. The quantitative estimate of drug-likeness (QED) is 0.231. The van der Waals surface area contributed by atoms with E-state index in [1.807, 2.05) is 61.5 Å². The molecular weight excluding hydrogens is 620 g/mol. The fraction of sp³-hybridized carbons (Fsp3) is 0.156. The Labute approximate surface area is 268 Å². The second-order valence-electron chi connectivity index (χ2n) is 11.2. The molecule has 47 heavy (non-hydrogen) atoms. The van der Waals surface area contributed by atoms with Crippen LogP contribution in [0, 0.1) is 11.8 Å². The monoisotopic (exact) mass is 648 g/mol. The van der Waals surface area contributed by atoms with E-state index in [2.05, 4.69) is 37.1 Å². The number of benzene rings is 2. The minimum absolute atomic E-state index is 0.116. The number of aromatic nitrogens is 6. The summed E-state index contributed by atoms with van der Waals surface area (Å²) in [4.78, 5) is 34.9. The number of pyridine rings is 1. The molecule has 5 heterocycles. The third-order valence-corrected chi connectivity index (χ3v) is 8.42. The zero-order valence-corrected chi connectivity index (χ0v) is 26.3. The van der Waals surface area contributed by atoms with Crippen LogP contribution >= 0.6 is 0 Å². The number of anilines is 2. The van der Waals surface area contributed by atoms with Crippen LogP contribution in [0.15, 0.2) is 78.1 Å². The fourth-order valence-corrected chi connectivity index (χ4v) is 6.47.